The normalized spacial score (nSPS) is 16.5. The number of benzene rings is 1. The van der Waals surface area contributed by atoms with Gasteiger partial charge in [-0.05, 0) is 24.7 Å². The molecule has 1 aromatic rings. The lowest BCUT2D eigenvalue weighted by Crippen LogP contribution is -2.21. The monoisotopic (exact) mass is 238 g/mol. The maximum atomic E-state index is 11.3. The smallest absolute Gasteiger partial charge is 0.234 e. The van der Waals surface area contributed by atoms with Crippen molar-refractivity contribution in [2.75, 3.05) is 25.2 Å². The molecule has 0 fully saturated rings. The van der Waals surface area contributed by atoms with Crippen LogP contribution in [0.3, 0.4) is 0 Å². The highest BCUT2D eigenvalue weighted by Gasteiger charge is 2.17. The van der Waals surface area contributed by atoms with Crippen molar-refractivity contribution in [1.82, 2.24) is 5.32 Å². The lowest BCUT2D eigenvalue weighted by Gasteiger charge is -2.20. The molecule has 0 aromatic heterocycles. The Balaban J connectivity index is 2.30. The molecule has 1 aromatic carbocycles. The molecule has 1 aliphatic heterocycles. The molecule has 16 heavy (non-hydrogen) atoms. The summed E-state index contributed by atoms with van der Waals surface area (Å²) in [6, 6.07) is 5.97. The van der Waals surface area contributed by atoms with Crippen molar-refractivity contribution in [2.45, 2.75) is 11.1 Å². The van der Waals surface area contributed by atoms with E-state index in [1.54, 1.807) is 18.9 Å². The third-order valence-electron chi connectivity index (χ3n) is 2.44. The number of ether oxygens (including phenoxy) is 1. The van der Waals surface area contributed by atoms with Gasteiger partial charge in [-0.2, -0.15) is 0 Å². The van der Waals surface area contributed by atoms with Crippen LogP contribution in [0.5, 0.6) is 0 Å². The maximum absolute atomic E-state index is 11.3. The first-order chi connectivity index (χ1) is 7.74. The zero-order valence-electron chi connectivity index (χ0n) is 9.24. The van der Waals surface area contributed by atoms with E-state index in [9.17, 15) is 4.79 Å². The first-order valence-electron chi connectivity index (χ1n) is 5.01. The molecule has 0 saturated heterocycles. The van der Waals surface area contributed by atoms with Gasteiger partial charge in [0.2, 0.25) is 5.91 Å². The average Bonchev–Trinajstić information content (AvgIpc) is 2.30. The maximum Gasteiger partial charge on any atom is 0.234 e. The van der Waals surface area contributed by atoms with Crippen LogP contribution in [0.2, 0.25) is 0 Å². The molecule has 2 N–H and O–H groups in total. The van der Waals surface area contributed by atoms with E-state index in [0.717, 1.165) is 16.1 Å². The second-order valence-corrected chi connectivity index (χ2v) is 4.51. The van der Waals surface area contributed by atoms with Crippen LogP contribution in [0.15, 0.2) is 23.1 Å². The van der Waals surface area contributed by atoms with Crippen LogP contribution >= 0.6 is 11.8 Å². The van der Waals surface area contributed by atoms with Gasteiger partial charge in [-0.1, -0.05) is 6.07 Å². The number of carbonyl (C=O) groups excluding carboxylic acids is 1. The van der Waals surface area contributed by atoms with E-state index in [2.05, 4.69) is 10.6 Å². The summed E-state index contributed by atoms with van der Waals surface area (Å²) in [4.78, 5) is 12.4. The van der Waals surface area contributed by atoms with Gasteiger partial charge in [0.15, 0.2) is 0 Å². The molecule has 1 aliphatic rings. The number of fused-ring (bicyclic) bond motifs is 1. The van der Waals surface area contributed by atoms with E-state index in [1.807, 2.05) is 25.2 Å². The van der Waals surface area contributed by atoms with E-state index in [0.29, 0.717) is 5.75 Å². The summed E-state index contributed by atoms with van der Waals surface area (Å²) >= 11 is 1.56. The summed E-state index contributed by atoms with van der Waals surface area (Å²) in [5, 5.41) is 5.90. The molecular formula is C11H14N2O2S. The van der Waals surface area contributed by atoms with E-state index >= 15 is 0 Å². The van der Waals surface area contributed by atoms with Gasteiger partial charge >= 0.3 is 0 Å². The van der Waals surface area contributed by atoms with Crippen LogP contribution in [-0.4, -0.2) is 25.8 Å². The number of amides is 1. The second-order valence-electron chi connectivity index (χ2n) is 3.50. The van der Waals surface area contributed by atoms with Crippen LogP contribution in [0.4, 0.5) is 5.69 Å². The van der Waals surface area contributed by atoms with E-state index < -0.39 is 0 Å². The number of hydrogen-bond acceptors (Lipinski definition) is 4. The summed E-state index contributed by atoms with van der Waals surface area (Å²) < 4.78 is 5.27. The van der Waals surface area contributed by atoms with Crippen molar-refractivity contribution in [3.8, 4) is 0 Å². The average molecular weight is 238 g/mol. The largest absolute Gasteiger partial charge is 0.362 e. The van der Waals surface area contributed by atoms with Gasteiger partial charge in [-0.25, -0.2) is 0 Å². The molecule has 1 atom stereocenters. The molecule has 0 radical (unpaired) electrons. The summed E-state index contributed by atoms with van der Waals surface area (Å²) in [7, 11) is 3.48. The Morgan fingerprint density at radius 3 is 3.06 bits per heavy atom. The number of thioether (sulfide) groups is 1. The first kappa shape index (κ1) is 11.4. The van der Waals surface area contributed by atoms with Crippen molar-refractivity contribution in [2.24, 2.45) is 0 Å². The van der Waals surface area contributed by atoms with Crippen LogP contribution < -0.4 is 10.6 Å². The highest BCUT2D eigenvalue weighted by Crippen LogP contribution is 2.33. The fraction of sp³-hybridized carbons (Fsp3) is 0.364. The fourth-order valence-electron chi connectivity index (χ4n) is 1.68. The minimum Gasteiger partial charge on any atom is -0.362 e. The third kappa shape index (κ3) is 2.21. The first-order valence-corrected chi connectivity index (χ1v) is 6.00. The van der Waals surface area contributed by atoms with Gasteiger partial charge in [-0.3, -0.25) is 10.1 Å². The van der Waals surface area contributed by atoms with Crippen LogP contribution in [0.1, 0.15) is 11.8 Å². The van der Waals surface area contributed by atoms with Crippen molar-refractivity contribution in [3.05, 3.63) is 23.8 Å². The number of rotatable bonds is 3. The van der Waals surface area contributed by atoms with Crippen molar-refractivity contribution >= 4 is 23.4 Å². The van der Waals surface area contributed by atoms with Crippen LogP contribution in [0, 0.1) is 0 Å². The van der Waals surface area contributed by atoms with Gasteiger partial charge < -0.3 is 10.1 Å². The fourth-order valence-corrected chi connectivity index (χ4v) is 2.47. The molecule has 86 valence electrons. The van der Waals surface area contributed by atoms with Crippen LogP contribution in [-0.2, 0) is 9.53 Å². The Morgan fingerprint density at radius 1 is 1.56 bits per heavy atom. The summed E-state index contributed by atoms with van der Waals surface area (Å²) in [5.74, 6) is 0.541. The van der Waals surface area contributed by atoms with Gasteiger partial charge in [0, 0.05) is 12.0 Å². The number of carbonyl (C=O) groups is 1. The molecule has 0 aliphatic carbocycles. The lowest BCUT2D eigenvalue weighted by atomic mass is 10.1. The Labute approximate surface area is 98.7 Å². The predicted octanol–water partition coefficient (Wildman–Crippen LogP) is 1.60. The highest BCUT2D eigenvalue weighted by molar-refractivity contribution is 8.00. The van der Waals surface area contributed by atoms with Crippen LogP contribution in [0.25, 0.3) is 0 Å². The molecule has 2 rings (SSSR count). The van der Waals surface area contributed by atoms with Crippen molar-refractivity contribution < 1.29 is 9.53 Å². The zero-order valence-corrected chi connectivity index (χ0v) is 10.1. The second kappa shape index (κ2) is 4.86. The van der Waals surface area contributed by atoms with Gasteiger partial charge in [0.05, 0.1) is 11.4 Å². The standard InChI is InChI=1S/C11H14N2O2S/c1-12-11(15-2)7-3-4-9-8(5-7)13-10(14)6-16-9/h3-5,11-12H,6H2,1-2H3,(H,13,14). The lowest BCUT2D eigenvalue weighted by molar-refractivity contribution is -0.113. The van der Waals surface area contributed by atoms with E-state index in [-0.39, 0.29) is 12.1 Å². The molecule has 0 bridgehead atoms. The molecule has 4 nitrogen and oxygen atoms in total. The molecule has 1 unspecified atom stereocenters. The molecule has 1 amide bonds. The Morgan fingerprint density at radius 2 is 2.38 bits per heavy atom. The molecular weight excluding hydrogens is 224 g/mol. The highest BCUT2D eigenvalue weighted by atomic mass is 32.2. The Kier molecular flexibility index (Phi) is 3.48. The Bertz CT molecular complexity index is 405. The SMILES string of the molecule is CNC(OC)c1ccc2c(c1)NC(=O)CS2. The summed E-state index contributed by atoms with van der Waals surface area (Å²) in [5.41, 5.74) is 1.88. The minimum atomic E-state index is -0.144. The van der Waals surface area contributed by atoms with Gasteiger partial charge in [0.1, 0.15) is 6.23 Å². The zero-order chi connectivity index (χ0) is 11.5. The van der Waals surface area contributed by atoms with Crippen molar-refractivity contribution in [1.29, 1.82) is 0 Å². The quantitative estimate of drug-likeness (QED) is 0.785. The molecule has 0 spiro atoms. The topological polar surface area (TPSA) is 50.4 Å². The summed E-state index contributed by atoms with van der Waals surface area (Å²) in [6.45, 7) is 0. The third-order valence-corrected chi connectivity index (χ3v) is 3.51. The van der Waals surface area contributed by atoms with E-state index in [4.69, 9.17) is 4.74 Å². The molecule has 0 saturated carbocycles. The van der Waals surface area contributed by atoms with E-state index in [1.165, 1.54) is 0 Å². The number of anilines is 1. The predicted molar refractivity (Wildman–Crippen MR) is 64.6 cm³/mol. The number of methoxy groups -OCH3 is 1. The van der Waals surface area contributed by atoms with Gasteiger partial charge in [0.25, 0.3) is 0 Å². The Hall–Kier alpha value is -1.04. The summed E-state index contributed by atoms with van der Waals surface area (Å²) in [6.07, 6.45) is -0.144. The molecule has 1 heterocycles. The van der Waals surface area contributed by atoms with Gasteiger partial charge in [-0.15, -0.1) is 11.8 Å². The minimum absolute atomic E-state index is 0.0491. The molecule has 5 heteroatoms. The number of nitrogens with one attached hydrogen (secondary N) is 2. The van der Waals surface area contributed by atoms with Crippen molar-refractivity contribution in [3.63, 3.8) is 0 Å². The number of hydrogen-bond donors (Lipinski definition) is 2.